The molecule has 5 atom stereocenters. The number of amides is 3. The Morgan fingerprint density at radius 1 is 1.09 bits per heavy atom. The van der Waals surface area contributed by atoms with E-state index < -0.39 is 28.7 Å². The highest BCUT2D eigenvalue weighted by Gasteiger charge is 2.58. The summed E-state index contributed by atoms with van der Waals surface area (Å²) in [6.07, 6.45) is 5.91. The van der Waals surface area contributed by atoms with E-state index in [9.17, 15) is 24.5 Å². The quantitative estimate of drug-likeness (QED) is 0.284. The number of nitro groups is 1. The molecule has 180 valence electrons. The van der Waals surface area contributed by atoms with Crippen molar-refractivity contribution >= 4 is 29.1 Å². The van der Waals surface area contributed by atoms with Crippen LogP contribution < -0.4 is 10.1 Å². The molecule has 1 N–H and O–H groups in total. The maximum absolute atomic E-state index is 13.6. The lowest BCUT2D eigenvalue weighted by atomic mass is 9.63. The Kier molecular flexibility index (Phi) is 5.84. The van der Waals surface area contributed by atoms with Gasteiger partial charge in [-0.2, -0.15) is 0 Å². The van der Waals surface area contributed by atoms with E-state index >= 15 is 0 Å². The Balaban J connectivity index is 1.49. The number of imide groups is 1. The number of nitro benzene ring substituents is 1. The van der Waals surface area contributed by atoms with Gasteiger partial charge >= 0.3 is 0 Å². The standard InChI is InChI=1S/C26H25N3O6/c1-35-21-12-11-18(29(33)34)14-19(21)27-24(30)20(13-15-5-3-2-4-6-15)28-25(31)22-16-7-8-17(10-9-16)23(22)26(28)32/h2-8,11-12,14,16-17,20,22-23H,9-10,13H2,1H3,(H,27,30)/t16-,17-,20-,22-,23-/m0/s1. The number of hydrogen-bond acceptors (Lipinski definition) is 6. The Morgan fingerprint density at radius 2 is 1.71 bits per heavy atom. The number of non-ortho nitro benzene ring substituents is 1. The fourth-order valence-corrected chi connectivity index (χ4v) is 5.67. The largest absolute Gasteiger partial charge is 0.495 e. The zero-order chi connectivity index (χ0) is 24.7. The predicted octanol–water partition coefficient (Wildman–Crippen LogP) is 3.35. The van der Waals surface area contributed by atoms with Crippen molar-refractivity contribution in [2.24, 2.45) is 23.7 Å². The third-order valence-electron chi connectivity index (χ3n) is 7.33. The van der Waals surface area contributed by atoms with E-state index in [1.54, 1.807) is 0 Å². The van der Waals surface area contributed by atoms with Gasteiger partial charge in [0.05, 0.1) is 29.6 Å². The fourth-order valence-electron chi connectivity index (χ4n) is 5.67. The van der Waals surface area contributed by atoms with E-state index in [0.29, 0.717) is 0 Å². The van der Waals surface area contributed by atoms with Crippen LogP contribution in [-0.2, 0) is 20.8 Å². The zero-order valence-corrected chi connectivity index (χ0v) is 19.1. The van der Waals surface area contributed by atoms with Crippen LogP contribution in [0.5, 0.6) is 5.75 Å². The summed E-state index contributed by atoms with van der Waals surface area (Å²) in [5, 5.41) is 14.0. The number of anilines is 1. The first-order valence-corrected chi connectivity index (χ1v) is 11.6. The highest BCUT2D eigenvalue weighted by atomic mass is 16.6. The lowest BCUT2D eigenvalue weighted by Gasteiger charge is -2.38. The van der Waals surface area contributed by atoms with Crippen LogP contribution in [0.25, 0.3) is 0 Å². The number of carbonyl (C=O) groups excluding carboxylic acids is 3. The van der Waals surface area contributed by atoms with Crippen LogP contribution in [0.2, 0.25) is 0 Å². The predicted molar refractivity (Wildman–Crippen MR) is 126 cm³/mol. The summed E-state index contributed by atoms with van der Waals surface area (Å²) in [7, 11) is 1.39. The molecule has 4 aliphatic rings. The van der Waals surface area contributed by atoms with E-state index in [1.165, 1.54) is 25.3 Å². The molecule has 9 heteroatoms. The number of nitrogens with one attached hydrogen (secondary N) is 1. The second kappa shape index (κ2) is 8.98. The van der Waals surface area contributed by atoms with Crippen LogP contribution in [0, 0.1) is 33.8 Å². The van der Waals surface area contributed by atoms with Gasteiger partial charge < -0.3 is 10.1 Å². The summed E-state index contributed by atoms with van der Waals surface area (Å²) in [5.74, 6) is -1.88. The molecule has 2 aromatic carbocycles. The Hall–Kier alpha value is -4.01. The molecule has 0 unspecified atom stereocenters. The van der Waals surface area contributed by atoms with Gasteiger partial charge in [0.1, 0.15) is 11.8 Å². The highest BCUT2D eigenvalue weighted by Crippen LogP contribution is 2.50. The normalized spacial score (nSPS) is 25.3. The maximum Gasteiger partial charge on any atom is 0.271 e. The number of benzene rings is 2. The van der Waals surface area contributed by atoms with Gasteiger partial charge in [0, 0.05) is 18.6 Å². The van der Waals surface area contributed by atoms with E-state index in [-0.39, 0.29) is 47.2 Å². The number of nitrogens with zero attached hydrogens (tertiary/aromatic N) is 2. The SMILES string of the molecule is COc1ccc([N+](=O)[O-])cc1NC(=O)[C@H](Cc1ccccc1)N1C(=O)[C@@H]2[C@@H](C1=O)[C@H]1C=C[C@H]2CC1. The van der Waals surface area contributed by atoms with E-state index in [2.05, 4.69) is 5.32 Å². The molecule has 0 aromatic heterocycles. The number of hydrogen-bond donors (Lipinski definition) is 1. The van der Waals surface area contributed by atoms with Crippen molar-refractivity contribution in [2.45, 2.75) is 25.3 Å². The van der Waals surface area contributed by atoms with Crippen molar-refractivity contribution in [3.8, 4) is 5.75 Å². The van der Waals surface area contributed by atoms with Crippen molar-refractivity contribution in [1.29, 1.82) is 0 Å². The molecule has 2 bridgehead atoms. The van der Waals surface area contributed by atoms with Crippen molar-refractivity contribution < 1.29 is 24.0 Å². The van der Waals surface area contributed by atoms with Crippen molar-refractivity contribution in [3.63, 3.8) is 0 Å². The van der Waals surface area contributed by atoms with Gasteiger partial charge in [0.15, 0.2) is 0 Å². The molecule has 3 amide bonds. The molecular weight excluding hydrogens is 450 g/mol. The van der Waals surface area contributed by atoms with Gasteiger partial charge in [-0.3, -0.25) is 29.4 Å². The average molecular weight is 476 g/mol. The molecule has 1 heterocycles. The van der Waals surface area contributed by atoms with Gasteiger partial charge in [0.2, 0.25) is 17.7 Å². The molecule has 35 heavy (non-hydrogen) atoms. The lowest BCUT2D eigenvalue weighted by Crippen LogP contribution is -2.49. The summed E-state index contributed by atoms with van der Waals surface area (Å²) < 4.78 is 5.27. The molecule has 0 spiro atoms. The Labute approximate surface area is 201 Å². The summed E-state index contributed by atoms with van der Waals surface area (Å²) in [6.45, 7) is 0. The number of allylic oxidation sites excluding steroid dienone is 2. The topological polar surface area (TPSA) is 119 Å². The zero-order valence-electron chi connectivity index (χ0n) is 19.1. The summed E-state index contributed by atoms with van der Waals surface area (Å²) >= 11 is 0. The number of ether oxygens (including phenoxy) is 1. The van der Waals surface area contributed by atoms with Crippen LogP contribution in [0.3, 0.4) is 0 Å². The van der Waals surface area contributed by atoms with E-state index in [1.807, 2.05) is 42.5 Å². The minimum Gasteiger partial charge on any atom is -0.495 e. The summed E-state index contributed by atoms with van der Waals surface area (Å²) in [6, 6.07) is 11.9. The number of rotatable bonds is 7. The number of methoxy groups -OCH3 is 1. The minimum atomic E-state index is -1.11. The number of fused-ring (bicyclic) bond motifs is 1. The first-order valence-electron chi connectivity index (χ1n) is 11.6. The molecule has 2 fully saturated rings. The second-order valence-corrected chi connectivity index (χ2v) is 9.22. The Morgan fingerprint density at radius 3 is 2.26 bits per heavy atom. The average Bonchev–Trinajstić information content (AvgIpc) is 3.15. The third kappa shape index (κ3) is 3.96. The van der Waals surface area contributed by atoms with Crippen LogP contribution in [0.1, 0.15) is 18.4 Å². The molecular formula is C26H25N3O6. The summed E-state index contributed by atoms with van der Waals surface area (Å²) in [5.41, 5.74) is 0.668. The van der Waals surface area contributed by atoms with E-state index in [4.69, 9.17) is 4.74 Å². The molecule has 1 saturated carbocycles. The second-order valence-electron chi connectivity index (χ2n) is 9.22. The molecule has 2 aromatic rings. The van der Waals surface area contributed by atoms with Crippen LogP contribution in [0.4, 0.5) is 11.4 Å². The van der Waals surface area contributed by atoms with Gasteiger partial charge in [-0.15, -0.1) is 0 Å². The first-order chi connectivity index (χ1) is 16.9. The highest BCUT2D eigenvalue weighted by molar-refractivity contribution is 6.10. The van der Waals surface area contributed by atoms with Crippen LogP contribution in [0.15, 0.2) is 60.7 Å². The molecule has 1 saturated heterocycles. The minimum absolute atomic E-state index is 0.00348. The maximum atomic E-state index is 13.6. The van der Waals surface area contributed by atoms with Gasteiger partial charge in [0.25, 0.3) is 5.69 Å². The molecule has 3 aliphatic carbocycles. The number of carbonyl (C=O) groups is 3. The van der Waals surface area contributed by atoms with Gasteiger partial charge in [-0.05, 0) is 36.3 Å². The lowest BCUT2D eigenvalue weighted by molar-refractivity contribution is -0.384. The van der Waals surface area contributed by atoms with Gasteiger partial charge in [-0.1, -0.05) is 42.5 Å². The Bertz CT molecular complexity index is 1190. The van der Waals surface area contributed by atoms with Crippen LogP contribution >= 0.6 is 0 Å². The van der Waals surface area contributed by atoms with E-state index in [0.717, 1.165) is 23.3 Å². The molecule has 6 rings (SSSR count). The summed E-state index contributed by atoms with van der Waals surface area (Å²) in [4.78, 5) is 52.6. The van der Waals surface area contributed by atoms with Crippen molar-refractivity contribution in [1.82, 2.24) is 4.90 Å². The molecule has 0 radical (unpaired) electrons. The number of likely N-dealkylation sites (tertiary alicyclic amines) is 1. The molecule has 9 nitrogen and oxygen atoms in total. The molecule has 1 aliphatic heterocycles. The van der Waals surface area contributed by atoms with Crippen LogP contribution in [-0.4, -0.2) is 40.7 Å². The monoisotopic (exact) mass is 475 g/mol. The smallest absolute Gasteiger partial charge is 0.271 e. The van der Waals surface area contributed by atoms with Crippen molar-refractivity contribution in [2.75, 3.05) is 12.4 Å². The van der Waals surface area contributed by atoms with Crippen molar-refractivity contribution in [3.05, 3.63) is 76.4 Å². The first kappa shape index (κ1) is 22.8. The fraction of sp³-hybridized carbons (Fsp3) is 0.346. The third-order valence-corrected chi connectivity index (χ3v) is 7.33. The van der Waals surface area contributed by atoms with Gasteiger partial charge in [-0.25, -0.2) is 0 Å².